The van der Waals surface area contributed by atoms with Crippen molar-refractivity contribution in [3.63, 3.8) is 0 Å². The Morgan fingerprint density at radius 1 is 1.43 bits per heavy atom. The van der Waals surface area contributed by atoms with Gasteiger partial charge in [0.1, 0.15) is 0 Å². The molecule has 1 aliphatic rings. The summed E-state index contributed by atoms with van der Waals surface area (Å²) in [5, 5.41) is 0. The molecule has 0 aliphatic heterocycles. The summed E-state index contributed by atoms with van der Waals surface area (Å²) in [6, 6.07) is 0. The standard InChI is InChI=1S/C11H22N2S/c1-10(2,3)9(12)13-8-11(14-4)6-5-7-11/h5-8H2,1-4H3,(H2,12,13). The minimum absolute atomic E-state index is 0.0172. The molecule has 0 aromatic rings. The van der Waals surface area contributed by atoms with E-state index in [-0.39, 0.29) is 5.41 Å². The minimum atomic E-state index is 0.0172. The van der Waals surface area contributed by atoms with E-state index in [1.807, 2.05) is 11.8 Å². The summed E-state index contributed by atoms with van der Waals surface area (Å²) < 4.78 is 0.413. The Balaban J connectivity index is 2.53. The Hall–Kier alpha value is -0.180. The lowest BCUT2D eigenvalue weighted by molar-refractivity contribution is 0.371. The lowest BCUT2D eigenvalue weighted by Crippen LogP contribution is -2.38. The summed E-state index contributed by atoms with van der Waals surface area (Å²) in [4.78, 5) is 4.53. The fourth-order valence-electron chi connectivity index (χ4n) is 1.46. The third-order valence-electron chi connectivity index (χ3n) is 3.00. The highest BCUT2D eigenvalue weighted by atomic mass is 32.2. The zero-order valence-electron chi connectivity index (χ0n) is 9.76. The molecule has 0 unspecified atom stereocenters. The molecule has 2 N–H and O–H groups in total. The molecule has 0 bridgehead atoms. The molecule has 14 heavy (non-hydrogen) atoms. The van der Waals surface area contributed by atoms with Gasteiger partial charge in [0.2, 0.25) is 0 Å². The van der Waals surface area contributed by atoms with E-state index in [0.29, 0.717) is 4.75 Å². The molecule has 0 amide bonds. The zero-order chi connectivity index (χ0) is 10.8. The van der Waals surface area contributed by atoms with Gasteiger partial charge in [-0.15, -0.1) is 0 Å². The van der Waals surface area contributed by atoms with Crippen LogP contribution in [-0.4, -0.2) is 23.4 Å². The Morgan fingerprint density at radius 2 is 2.00 bits per heavy atom. The maximum Gasteiger partial charge on any atom is 0.0991 e. The van der Waals surface area contributed by atoms with Gasteiger partial charge >= 0.3 is 0 Å². The van der Waals surface area contributed by atoms with Gasteiger partial charge in [0.15, 0.2) is 0 Å². The van der Waals surface area contributed by atoms with Crippen LogP contribution in [0, 0.1) is 5.41 Å². The van der Waals surface area contributed by atoms with Crippen molar-refractivity contribution in [1.82, 2.24) is 0 Å². The van der Waals surface area contributed by atoms with Crippen LogP contribution in [0.5, 0.6) is 0 Å². The molecular formula is C11H22N2S. The molecule has 0 atom stereocenters. The van der Waals surface area contributed by atoms with Crippen LogP contribution in [0.25, 0.3) is 0 Å². The van der Waals surface area contributed by atoms with Crippen molar-refractivity contribution >= 4 is 17.6 Å². The summed E-state index contributed by atoms with van der Waals surface area (Å²) in [5.41, 5.74) is 5.95. The van der Waals surface area contributed by atoms with Gasteiger partial charge in [-0.1, -0.05) is 27.2 Å². The van der Waals surface area contributed by atoms with E-state index >= 15 is 0 Å². The number of hydrogen-bond acceptors (Lipinski definition) is 2. The van der Waals surface area contributed by atoms with Gasteiger partial charge in [0.05, 0.1) is 12.4 Å². The number of hydrogen-bond donors (Lipinski definition) is 1. The SMILES string of the molecule is CSC1(CN=C(N)C(C)(C)C)CCC1. The van der Waals surface area contributed by atoms with Gasteiger partial charge in [-0.25, -0.2) is 0 Å². The number of nitrogens with two attached hydrogens (primary N) is 1. The van der Waals surface area contributed by atoms with Crippen LogP contribution in [-0.2, 0) is 0 Å². The Kier molecular flexibility index (Phi) is 3.51. The van der Waals surface area contributed by atoms with Gasteiger partial charge < -0.3 is 5.73 Å². The predicted molar refractivity (Wildman–Crippen MR) is 66.0 cm³/mol. The molecule has 1 aliphatic carbocycles. The molecule has 0 radical (unpaired) electrons. The third kappa shape index (κ3) is 2.66. The normalized spacial score (nSPS) is 21.9. The molecular weight excluding hydrogens is 192 g/mol. The first kappa shape index (κ1) is 11.9. The van der Waals surface area contributed by atoms with Crippen molar-refractivity contribution in [2.75, 3.05) is 12.8 Å². The molecule has 2 nitrogen and oxygen atoms in total. The molecule has 0 saturated heterocycles. The quantitative estimate of drug-likeness (QED) is 0.579. The van der Waals surface area contributed by atoms with Gasteiger partial charge in [-0.05, 0) is 19.1 Å². The first-order valence-electron chi connectivity index (χ1n) is 5.25. The van der Waals surface area contributed by atoms with Gasteiger partial charge in [-0.2, -0.15) is 11.8 Å². The Labute approximate surface area is 91.7 Å². The van der Waals surface area contributed by atoms with E-state index in [0.717, 1.165) is 12.4 Å². The Bertz CT molecular complexity index is 218. The first-order chi connectivity index (χ1) is 6.40. The highest BCUT2D eigenvalue weighted by Gasteiger charge is 2.36. The molecule has 3 heteroatoms. The number of thioether (sulfide) groups is 1. The monoisotopic (exact) mass is 214 g/mol. The third-order valence-corrected chi connectivity index (χ3v) is 4.41. The highest BCUT2D eigenvalue weighted by molar-refractivity contribution is 8.00. The second-order valence-electron chi connectivity index (χ2n) is 5.19. The fraction of sp³-hybridized carbons (Fsp3) is 0.909. The maximum absolute atomic E-state index is 5.93. The Morgan fingerprint density at radius 3 is 2.29 bits per heavy atom. The van der Waals surface area contributed by atoms with Crippen molar-refractivity contribution < 1.29 is 0 Å². The van der Waals surface area contributed by atoms with Crippen LogP contribution in [0.3, 0.4) is 0 Å². The number of aliphatic imine (C=N–C) groups is 1. The lowest BCUT2D eigenvalue weighted by Gasteiger charge is -2.39. The summed E-state index contributed by atoms with van der Waals surface area (Å²) >= 11 is 1.95. The average Bonchev–Trinajstić information content (AvgIpc) is 2.01. The molecule has 0 aromatic heterocycles. The van der Waals surface area contributed by atoms with Gasteiger partial charge in [0.25, 0.3) is 0 Å². The van der Waals surface area contributed by atoms with Crippen LogP contribution in [0.15, 0.2) is 4.99 Å². The molecule has 0 spiro atoms. The van der Waals surface area contributed by atoms with Crippen LogP contribution in [0.1, 0.15) is 40.0 Å². The van der Waals surface area contributed by atoms with E-state index in [9.17, 15) is 0 Å². The molecule has 0 heterocycles. The molecule has 0 aromatic carbocycles. The summed E-state index contributed by atoms with van der Waals surface area (Å²) in [7, 11) is 0. The van der Waals surface area contributed by atoms with Crippen molar-refractivity contribution in [3.05, 3.63) is 0 Å². The van der Waals surface area contributed by atoms with Crippen molar-refractivity contribution in [3.8, 4) is 0 Å². The second-order valence-corrected chi connectivity index (χ2v) is 6.47. The summed E-state index contributed by atoms with van der Waals surface area (Å²) in [5.74, 6) is 0.790. The van der Waals surface area contributed by atoms with Gasteiger partial charge in [0, 0.05) is 10.2 Å². The molecule has 1 saturated carbocycles. The lowest BCUT2D eigenvalue weighted by atomic mass is 9.84. The van der Waals surface area contributed by atoms with Gasteiger partial charge in [-0.3, -0.25) is 4.99 Å². The zero-order valence-corrected chi connectivity index (χ0v) is 10.6. The van der Waals surface area contributed by atoms with Crippen LogP contribution in [0.2, 0.25) is 0 Å². The van der Waals surface area contributed by atoms with Crippen LogP contribution in [0.4, 0.5) is 0 Å². The van der Waals surface area contributed by atoms with E-state index in [4.69, 9.17) is 5.73 Å². The fourth-order valence-corrected chi connectivity index (χ4v) is 2.35. The van der Waals surface area contributed by atoms with Crippen molar-refractivity contribution in [1.29, 1.82) is 0 Å². The molecule has 1 rings (SSSR count). The number of amidine groups is 1. The maximum atomic E-state index is 5.93. The highest BCUT2D eigenvalue weighted by Crippen LogP contribution is 2.43. The average molecular weight is 214 g/mol. The second kappa shape index (κ2) is 4.13. The van der Waals surface area contributed by atoms with E-state index in [2.05, 4.69) is 32.0 Å². The smallest absolute Gasteiger partial charge is 0.0991 e. The van der Waals surface area contributed by atoms with Crippen LogP contribution < -0.4 is 5.73 Å². The van der Waals surface area contributed by atoms with Crippen molar-refractivity contribution in [2.45, 2.75) is 44.8 Å². The summed E-state index contributed by atoms with van der Waals surface area (Å²) in [6.45, 7) is 7.23. The number of nitrogens with zero attached hydrogens (tertiary/aromatic N) is 1. The minimum Gasteiger partial charge on any atom is -0.387 e. The van der Waals surface area contributed by atoms with E-state index in [1.165, 1.54) is 19.3 Å². The molecule has 1 fully saturated rings. The largest absolute Gasteiger partial charge is 0.387 e. The van der Waals surface area contributed by atoms with E-state index in [1.54, 1.807) is 0 Å². The summed E-state index contributed by atoms with van der Waals surface area (Å²) in [6.07, 6.45) is 6.14. The number of rotatable bonds is 3. The van der Waals surface area contributed by atoms with E-state index < -0.39 is 0 Å². The van der Waals surface area contributed by atoms with Crippen LogP contribution >= 0.6 is 11.8 Å². The molecule has 82 valence electrons. The van der Waals surface area contributed by atoms with Crippen molar-refractivity contribution in [2.24, 2.45) is 16.1 Å². The first-order valence-corrected chi connectivity index (χ1v) is 6.48. The topological polar surface area (TPSA) is 38.4 Å². The predicted octanol–water partition coefficient (Wildman–Crippen LogP) is 2.68.